The first kappa shape index (κ1) is 38.2. The van der Waals surface area contributed by atoms with Gasteiger partial charge in [0.2, 0.25) is 5.75 Å². The normalized spacial score (nSPS) is 12.6. The predicted octanol–water partition coefficient (Wildman–Crippen LogP) is 8.58. The Bertz CT molecular complexity index is 1900. The van der Waals surface area contributed by atoms with Gasteiger partial charge in [0, 0.05) is 24.2 Å². The molecule has 1 N–H and O–H groups in total. The van der Waals surface area contributed by atoms with Gasteiger partial charge < -0.3 is 38.6 Å². The highest BCUT2D eigenvalue weighted by atomic mass is 79.9. The topological polar surface area (TPSA) is 114 Å². The summed E-state index contributed by atoms with van der Waals surface area (Å²) >= 11 is 7.23. The summed E-state index contributed by atoms with van der Waals surface area (Å²) in [6, 6.07) is 13.3. The minimum absolute atomic E-state index is 0.0507. The third-order valence-corrected chi connectivity index (χ3v) is 10.9. The van der Waals surface area contributed by atoms with E-state index in [9.17, 15) is 10.1 Å². The minimum Gasteiger partial charge on any atom is -0.493 e. The maximum Gasteiger partial charge on any atom is 0.277 e. The molecule has 0 fully saturated rings. The number of hydrogen-bond donors (Lipinski definition) is 1. The standard InChI is InChI=1S/C38H43Br2N3O8/c1-22-29(43(44)45)20-32(47-5)36(33(22)39)50-26-12-9-23(10-13-26)8-11-24-19-31(30(46-4)18-25(24)14-16-41-2)51-35-28-21-42(3)17-15-27(28)34(40)37(48-6)38(35)49-7/h9-10,12-13,18-20,41H,8,11,14-17,21H2,1-7H3. The van der Waals surface area contributed by atoms with Gasteiger partial charge in [-0.15, -0.1) is 0 Å². The van der Waals surface area contributed by atoms with Crippen LogP contribution >= 0.6 is 31.9 Å². The molecule has 0 bridgehead atoms. The number of halogens is 2. The Morgan fingerprint density at radius 3 is 2.08 bits per heavy atom. The number of hydrogen-bond acceptors (Lipinski definition) is 10. The lowest BCUT2D eigenvalue weighted by atomic mass is 9.96. The van der Waals surface area contributed by atoms with Crippen LogP contribution in [0.5, 0.6) is 46.0 Å². The molecule has 4 aromatic carbocycles. The van der Waals surface area contributed by atoms with E-state index in [0.717, 1.165) is 65.5 Å². The minimum atomic E-state index is -0.441. The fourth-order valence-electron chi connectivity index (χ4n) is 6.27. The van der Waals surface area contributed by atoms with Crippen LogP contribution in [-0.2, 0) is 32.2 Å². The van der Waals surface area contributed by atoms with Crippen molar-refractivity contribution < 1.29 is 33.3 Å². The van der Waals surface area contributed by atoms with Crippen LogP contribution in [-0.4, -0.2) is 65.4 Å². The van der Waals surface area contributed by atoms with Crippen LogP contribution in [0.25, 0.3) is 0 Å². The summed E-state index contributed by atoms with van der Waals surface area (Å²) in [6.07, 6.45) is 3.17. The molecular formula is C38H43Br2N3O8. The summed E-state index contributed by atoms with van der Waals surface area (Å²) in [4.78, 5) is 13.3. The molecule has 0 amide bonds. The third kappa shape index (κ3) is 8.22. The van der Waals surface area contributed by atoms with Crippen LogP contribution in [0.1, 0.15) is 33.4 Å². The van der Waals surface area contributed by atoms with Crippen molar-refractivity contribution in [3.8, 4) is 46.0 Å². The van der Waals surface area contributed by atoms with E-state index in [1.165, 1.54) is 18.7 Å². The number of likely N-dealkylation sites (N-methyl/N-ethyl adjacent to an activating group) is 2. The van der Waals surface area contributed by atoms with Crippen molar-refractivity contribution in [2.24, 2.45) is 0 Å². The Kier molecular flexibility index (Phi) is 12.7. The molecule has 0 saturated heterocycles. The van der Waals surface area contributed by atoms with E-state index in [4.69, 9.17) is 28.4 Å². The van der Waals surface area contributed by atoms with Crippen molar-refractivity contribution in [1.29, 1.82) is 0 Å². The average Bonchev–Trinajstić information content (AvgIpc) is 3.13. The van der Waals surface area contributed by atoms with Gasteiger partial charge in [-0.25, -0.2) is 0 Å². The fraction of sp³-hybridized carbons (Fsp3) is 0.368. The van der Waals surface area contributed by atoms with E-state index < -0.39 is 4.92 Å². The summed E-state index contributed by atoms with van der Waals surface area (Å²) in [6.45, 7) is 4.09. The second kappa shape index (κ2) is 17.0. The molecule has 1 heterocycles. The van der Waals surface area contributed by atoms with Gasteiger partial charge in [-0.3, -0.25) is 10.1 Å². The molecule has 0 atom stereocenters. The summed E-state index contributed by atoms with van der Waals surface area (Å²) in [5.41, 5.74) is 6.02. The molecule has 13 heteroatoms. The zero-order valence-electron chi connectivity index (χ0n) is 29.9. The van der Waals surface area contributed by atoms with E-state index in [1.807, 2.05) is 31.3 Å². The van der Waals surface area contributed by atoms with Crippen LogP contribution in [0, 0.1) is 17.0 Å². The van der Waals surface area contributed by atoms with Gasteiger partial charge >= 0.3 is 0 Å². The lowest BCUT2D eigenvalue weighted by Crippen LogP contribution is -2.27. The lowest BCUT2D eigenvalue weighted by molar-refractivity contribution is -0.385. The molecule has 4 aromatic rings. The summed E-state index contributed by atoms with van der Waals surface area (Å²) < 4.78 is 37.3. The van der Waals surface area contributed by atoms with Gasteiger partial charge in [-0.2, -0.15) is 0 Å². The van der Waals surface area contributed by atoms with Crippen molar-refractivity contribution in [3.05, 3.63) is 94.9 Å². The SMILES string of the molecule is CNCCc1cc(OC)c(Oc2c3c(c(Br)c(OC)c2OC)CCN(C)C3)cc1CCc1ccc(Oc2c(OC)cc([N+](=O)[O-])c(C)c2Br)cc1. The maximum atomic E-state index is 11.5. The fourth-order valence-corrected chi connectivity index (χ4v) is 7.53. The molecule has 0 unspecified atom stereocenters. The van der Waals surface area contributed by atoms with E-state index in [0.29, 0.717) is 56.8 Å². The maximum absolute atomic E-state index is 11.5. The quantitative estimate of drug-likeness (QED) is 0.0924. The molecule has 1 aliphatic heterocycles. The van der Waals surface area contributed by atoms with E-state index >= 15 is 0 Å². The number of nitro benzene ring substituents is 1. The number of nitrogens with one attached hydrogen (secondary N) is 1. The van der Waals surface area contributed by atoms with Crippen LogP contribution < -0.4 is 33.7 Å². The molecule has 0 aromatic heterocycles. The van der Waals surface area contributed by atoms with Crippen LogP contribution in [0.3, 0.4) is 0 Å². The number of aryl methyl sites for hydroxylation is 2. The second-order valence-electron chi connectivity index (χ2n) is 12.3. The molecule has 0 saturated carbocycles. The van der Waals surface area contributed by atoms with Gasteiger partial charge in [0.15, 0.2) is 34.5 Å². The van der Waals surface area contributed by atoms with Crippen molar-refractivity contribution >= 4 is 37.5 Å². The largest absolute Gasteiger partial charge is 0.493 e. The van der Waals surface area contributed by atoms with Crippen LogP contribution in [0.4, 0.5) is 5.69 Å². The zero-order valence-corrected chi connectivity index (χ0v) is 33.1. The third-order valence-electron chi connectivity index (χ3n) is 9.08. The number of benzene rings is 4. The van der Waals surface area contributed by atoms with Gasteiger partial charge in [0.05, 0.1) is 48.4 Å². The van der Waals surface area contributed by atoms with Gasteiger partial charge in [-0.1, -0.05) is 12.1 Å². The molecule has 272 valence electrons. The van der Waals surface area contributed by atoms with Crippen LogP contribution in [0.2, 0.25) is 0 Å². The number of nitro groups is 1. The Hall–Kier alpha value is -4.04. The van der Waals surface area contributed by atoms with Crippen molar-refractivity contribution in [3.63, 3.8) is 0 Å². The van der Waals surface area contributed by atoms with Gasteiger partial charge in [-0.05, 0) is 132 Å². The van der Waals surface area contributed by atoms with Crippen LogP contribution in [0.15, 0.2) is 51.4 Å². The van der Waals surface area contributed by atoms with E-state index in [-0.39, 0.29) is 11.4 Å². The average molecular weight is 830 g/mol. The van der Waals surface area contributed by atoms with Gasteiger partial charge in [0.25, 0.3) is 5.69 Å². The highest BCUT2D eigenvalue weighted by Crippen LogP contribution is 2.52. The Balaban J connectivity index is 1.44. The summed E-state index contributed by atoms with van der Waals surface area (Å²) in [5.74, 6) is 4.20. The Labute approximate surface area is 315 Å². The molecule has 5 rings (SSSR count). The molecule has 11 nitrogen and oxygen atoms in total. The predicted molar refractivity (Wildman–Crippen MR) is 204 cm³/mol. The molecule has 0 radical (unpaired) electrons. The van der Waals surface area contributed by atoms with Crippen molar-refractivity contribution in [1.82, 2.24) is 10.2 Å². The number of fused-ring (bicyclic) bond motifs is 1. The number of nitrogens with zero attached hydrogens (tertiary/aromatic N) is 2. The highest BCUT2D eigenvalue weighted by Gasteiger charge is 2.30. The number of methoxy groups -OCH3 is 4. The molecule has 51 heavy (non-hydrogen) atoms. The van der Waals surface area contributed by atoms with Crippen molar-refractivity contribution in [2.45, 2.75) is 39.2 Å². The smallest absolute Gasteiger partial charge is 0.277 e. The van der Waals surface area contributed by atoms with Crippen molar-refractivity contribution in [2.75, 3.05) is 55.6 Å². The first-order valence-electron chi connectivity index (χ1n) is 16.5. The summed E-state index contributed by atoms with van der Waals surface area (Å²) in [7, 11) is 10.4. The Morgan fingerprint density at radius 1 is 0.784 bits per heavy atom. The molecule has 0 aliphatic carbocycles. The second-order valence-corrected chi connectivity index (χ2v) is 13.8. The Morgan fingerprint density at radius 2 is 1.45 bits per heavy atom. The molecular weight excluding hydrogens is 786 g/mol. The monoisotopic (exact) mass is 827 g/mol. The van der Waals surface area contributed by atoms with E-state index in [1.54, 1.807) is 28.3 Å². The molecule has 0 spiro atoms. The molecule has 1 aliphatic rings. The number of rotatable bonds is 15. The first-order valence-corrected chi connectivity index (χ1v) is 18.1. The zero-order chi connectivity index (χ0) is 36.8. The van der Waals surface area contributed by atoms with E-state index in [2.05, 4.69) is 61.3 Å². The number of ether oxygens (including phenoxy) is 6. The highest BCUT2D eigenvalue weighted by molar-refractivity contribution is 9.11. The van der Waals surface area contributed by atoms with Gasteiger partial charge in [0.1, 0.15) is 5.75 Å². The first-order chi connectivity index (χ1) is 24.5. The lowest BCUT2D eigenvalue weighted by Gasteiger charge is -2.30. The summed E-state index contributed by atoms with van der Waals surface area (Å²) in [5, 5.41) is 14.8.